The highest BCUT2D eigenvalue weighted by molar-refractivity contribution is 8.13. The summed E-state index contributed by atoms with van der Waals surface area (Å²) in [5.74, 6) is -1.06. The zero-order valence-electron chi connectivity index (χ0n) is 15.5. The van der Waals surface area contributed by atoms with Crippen molar-refractivity contribution in [2.24, 2.45) is 4.99 Å². The number of benzene rings is 1. The van der Waals surface area contributed by atoms with E-state index >= 15 is 0 Å². The van der Waals surface area contributed by atoms with Gasteiger partial charge in [-0.3, -0.25) is 9.98 Å². The van der Waals surface area contributed by atoms with Crippen molar-refractivity contribution in [2.75, 3.05) is 31.7 Å². The first-order valence-electron chi connectivity index (χ1n) is 8.51. The molecule has 0 radical (unpaired) electrons. The lowest BCUT2D eigenvalue weighted by Crippen LogP contribution is -2.35. The fraction of sp³-hybridized carbons (Fsp3) is 0.316. The molecule has 0 fully saturated rings. The van der Waals surface area contributed by atoms with E-state index in [0.717, 1.165) is 29.4 Å². The maximum Gasteiger partial charge on any atom is 0.158 e. The second-order valence-electron chi connectivity index (χ2n) is 6.15. The topological polar surface area (TPSA) is 53.4 Å². The van der Waals surface area contributed by atoms with Crippen LogP contribution in [0.2, 0.25) is 0 Å². The summed E-state index contributed by atoms with van der Waals surface area (Å²) in [4.78, 5) is 15.3. The lowest BCUT2D eigenvalue weighted by atomic mass is 9.99. The van der Waals surface area contributed by atoms with Crippen molar-refractivity contribution in [1.82, 2.24) is 14.9 Å². The summed E-state index contributed by atoms with van der Waals surface area (Å²) in [5.41, 5.74) is 2.89. The van der Waals surface area contributed by atoms with Gasteiger partial charge in [-0.05, 0) is 37.3 Å². The highest BCUT2D eigenvalue weighted by Gasteiger charge is 2.21. The van der Waals surface area contributed by atoms with Gasteiger partial charge in [-0.1, -0.05) is 23.4 Å². The summed E-state index contributed by atoms with van der Waals surface area (Å²) in [6, 6.07) is 3.70. The van der Waals surface area contributed by atoms with Crippen LogP contribution in [0.25, 0.3) is 5.57 Å². The van der Waals surface area contributed by atoms with Crippen LogP contribution < -0.4 is 5.32 Å². The van der Waals surface area contributed by atoms with Crippen molar-refractivity contribution in [2.45, 2.75) is 13.3 Å². The number of thioether (sulfide) groups is 1. The Morgan fingerprint density at radius 3 is 2.56 bits per heavy atom. The third kappa shape index (κ3) is 4.27. The molecule has 1 aliphatic heterocycles. The fourth-order valence-electron chi connectivity index (χ4n) is 2.98. The number of para-hydroxylation sites is 1. The Hall–Kier alpha value is -2.48. The molecule has 0 aliphatic carbocycles. The van der Waals surface area contributed by atoms with E-state index in [9.17, 15) is 8.78 Å². The van der Waals surface area contributed by atoms with Crippen LogP contribution in [-0.4, -0.2) is 46.4 Å². The average Bonchev–Trinajstić information content (AvgIpc) is 2.68. The summed E-state index contributed by atoms with van der Waals surface area (Å²) in [6.45, 7) is 3.72. The molecule has 0 amide bonds. The normalized spacial score (nSPS) is 15.3. The fourth-order valence-corrected chi connectivity index (χ4v) is 3.57. The van der Waals surface area contributed by atoms with E-state index in [1.807, 2.05) is 6.26 Å². The van der Waals surface area contributed by atoms with Gasteiger partial charge in [0.1, 0.15) is 23.1 Å². The predicted molar refractivity (Wildman–Crippen MR) is 107 cm³/mol. The number of aromatic nitrogens is 2. The summed E-state index contributed by atoms with van der Waals surface area (Å²) in [5, 5.41) is 3.64. The molecule has 142 valence electrons. The highest BCUT2D eigenvalue weighted by atomic mass is 32.2. The molecule has 0 saturated carbocycles. The van der Waals surface area contributed by atoms with E-state index in [2.05, 4.69) is 32.1 Å². The summed E-state index contributed by atoms with van der Waals surface area (Å²) >= 11 is 1.62. The second kappa shape index (κ2) is 8.47. The molecule has 0 unspecified atom stereocenters. The second-order valence-corrected chi connectivity index (χ2v) is 6.92. The number of nitrogens with zero attached hydrogens (tertiary/aromatic N) is 4. The Morgan fingerprint density at radius 2 is 1.96 bits per heavy atom. The first-order valence-corrected chi connectivity index (χ1v) is 9.73. The molecule has 1 aliphatic rings. The van der Waals surface area contributed by atoms with Gasteiger partial charge in [0.05, 0.1) is 18.1 Å². The number of anilines is 2. The zero-order valence-corrected chi connectivity index (χ0v) is 16.3. The van der Waals surface area contributed by atoms with Crippen molar-refractivity contribution in [3.63, 3.8) is 0 Å². The van der Waals surface area contributed by atoms with Gasteiger partial charge in [-0.2, -0.15) is 0 Å². The van der Waals surface area contributed by atoms with Crippen molar-refractivity contribution in [3.05, 3.63) is 53.5 Å². The maximum atomic E-state index is 13.8. The van der Waals surface area contributed by atoms with Crippen LogP contribution in [0.4, 0.5) is 20.3 Å². The first kappa shape index (κ1) is 19.3. The number of hydrogen-bond donors (Lipinski definition) is 1. The summed E-state index contributed by atoms with van der Waals surface area (Å²) < 4.78 is 27.5. The van der Waals surface area contributed by atoms with Crippen molar-refractivity contribution in [1.29, 1.82) is 0 Å². The lowest BCUT2D eigenvalue weighted by Gasteiger charge is -2.31. The lowest BCUT2D eigenvalue weighted by molar-refractivity contribution is 0.461. The minimum absolute atomic E-state index is 0.234. The van der Waals surface area contributed by atoms with Gasteiger partial charge in [0.2, 0.25) is 0 Å². The molecule has 0 atom stereocenters. The number of halogens is 2. The third-order valence-corrected chi connectivity index (χ3v) is 5.25. The molecular weight excluding hydrogens is 368 g/mol. The Balaban J connectivity index is 1.80. The van der Waals surface area contributed by atoms with Crippen LogP contribution in [-0.2, 0) is 0 Å². The Labute approximate surface area is 161 Å². The van der Waals surface area contributed by atoms with Gasteiger partial charge in [0.25, 0.3) is 0 Å². The molecule has 2 heterocycles. The Bertz CT molecular complexity index is 860. The highest BCUT2D eigenvalue weighted by Crippen LogP contribution is 2.27. The van der Waals surface area contributed by atoms with E-state index in [4.69, 9.17) is 0 Å². The van der Waals surface area contributed by atoms with Gasteiger partial charge < -0.3 is 10.2 Å². The molecule has 0 spiro atoms. The largest absolute Gasteiger partial charge is 0.347 e. The smallest absolute Gasteiger partial charge is 0.158 e. The SMILES string of the molecule is C/N=C(/SC)N1CCC(C)=C(c2cnc(Nc3c(F)cccc3F)cn2)C1. The summed E-state index contributed by atoms with van der Waals surface area (Å²) in [7, 11) is 1.79. The van der Waals surface area contributed by atoms with Crippen LogP contribution >= 0.6 is 11.8 Å². The van der Waals surface area contributed by atoms with Crippen LogP contribution in [0.15, 0.2) is 41.2 Å². The van der Waals surface area contributed by atoms with Gasteiger partial charge in [0.15, 0.2) is 5.17 Å². The number of amidine groups is 1. The predicted octanol–water partition coefficient (Wildman–Crippen LogP) is 4.33. The van der Waals surface area contributed by atoms with Crippen LogP contribution in [0, 0.1) is 11.6 Å². The zero-order chi connectivity index (χ0) is 19.4. The average molecular weight is 389 g/mol. The molecule has 0 bridgehead atoms. The minimum atomic E-state index is -0.675. The quantitative estimate of drug-likeness (QED) is 0.626. The monoisotopic (exact) mass is 389 g/mol. The Morgan fingerprint density at radius 1 is 1.22 bits per heavy atom. The van der Waals surface area contributed by atoms with E-state index in [-0.39, 0.29) is 11.5 Å². The molecule has 2 aromatic rings. The molecule has 8 heteroatoms. The molecule has 1 N–H and O–H groups in total. The maximum absolute atomic E-state index is 13.8. The van der Waals surface area contributed by atoms with E-state index in [1.165, 1.54) is 30.0 Å². The molecule has 27 heavy (non-hydrogen) atoms. The van der Waals surface area contributed by atoms with Crippen molar-refractivity contribution < 1.29 is 8.78 Å². The van der Waals surface area contributed by atoms with Crippen molar-refractivity contribution in [3.8, 4) is 0 Å². The number of aliphatic imine (C=N–C) groups is 1. The minimum Gasteiger partial charge on any atom is -0.347 e. The van der Waals surface area contributed by atoms with Crippen LogP contribution in [0.1, 0.15) is 19.0 Å². The first-order chi connectivity index (χ1) is 13.0. The number of hydrogen-bond acceptors (Lipinski definition) is 5. The molecule has 3 rings (SSSR count). The third-order valence-electron chi connectivity index (χ3n) is 4.44. The van der Waals surface area contributed by atoms with E-state index < -0.39 is 11.6 Å². The number of rotatable bonds is 3. The molecule has 1 aromatic heterocycles. The van der Waals surface area contributed by atoms with E-state index in [0.29, 0.717) is 6.54 Å². The van der Waals surface area contributed by atoms with E-state index in [1.54, 1.807) is 25.0 Å². The van der Waals surface area contributed by atoms with Crippen LogP contribution in [0.5, 0.6) is 0 Å². The van der Waals surface area contributed by atoms with Gasteiger partial charge in [-0.25, -0.2) is 13.8 Å². The molecule has 5 nitrogen and oxygen atoms in total. The van der Waals surface area contributed by atoms with Gasteiger partial charge >= 0.3 is 0 Å². The molecule has 1 aromatic carbocycles. The van der Waals surface area contributed by atoms with Crippen LogP contribution in [0.3, 0.4) is 0 Å². The molecular formula is C19H21F2N5S. The summed E-state index contributed by atoms with van der Waals surface area (Å²) in [6.07, 6.45) is 6.06. The standard InChI is InChI=1S/C19H21F2N5S/c1-12-7-8-26(19(22-2)27-3)11-13(12)16-9-24-17(10-23-16)25-18-14(20)5-4-6-15(18)21/h4-6,9-10H,7-8,11H2,1-3H3,(H,24,25)/b22-19+. The molecule has 0 saturated heterocycles. The number of nitrogens with one attached hydrogen (secondary N) is 1. The van der Waals surface area contributed by atoms with Crippen molar-refractivity contribution >= 4 is 34.0 Å². The van der Waals surface area contributed by atoms with Gasteiger partial charge in [-0.15, -0.1) is 0 Å². The van der Waals surface area contributed by atoms with Gasteiger partial charge in [0, 0.05) is 20.1 Å². The Kier molecular flexibility index (Phi) is 6.05.